The monoisotopic (exact) mass is 432 g/mol. The summed E-state index contributed by atoms with van der Waals surface area (Å²) < 4.78 is 0. The number of pyridine rings is 1. The second-order valence-corrected chi connectivity index (χ2v) is 9.30. The first-order valence-electron chi connectivity index (χ1n) is 11.4. The highest BCUT2D eigenvalue weighted by molar-refractivity contribution is 6.05. The van der Waals surface area contributed by atoms with E-state index in [4.69, 9.17) is 0 Å². The molecule has 0 saturated carbocycles. The van der Waals surface area contributed by atoms with Gasteiger partial charge in [-0.2, -0.15) is 0 Å². The van der Waals surface area contributed by atoms with Gasteiger partial charge in [0.1, 0.15) is 6.04 Å². The molecule has 2 aromatic rings. The highest BCUT2D eigenvalue weighted by atomic mass is 16.2. The van der Waals surface area contributed by atoms with Gasteiger partial charge in [-0.1, -0.05) is 13.0 Å². The van der Waals surface area contributed by atoms with Crippen LogP contribution < -0.4 is 5.32 Å². The third kappa shape index (κ3) is 4.05. The van der Waals surface area contributed by atoms with E-state index in [0.29, 0.717) is 18.5 Å². The molecule has 1 N–H and O–H groups in total. The number of fused-ring (bicyclic) bond motifs is 1. The van der Waals surface area contributed by atoms with Crippen molar-refractivity contribution in [3.05, 3.63) is 53.2 Å². The molecule has 3 amide bonds. The van der Waals surface area contributed by atoms with Crippen LogP contribution >= 0.6 is 0 Å². The van der Waals surface area contributed by atoms with Crippen molar-refractivity contribution in [2.45, 2.75) is 51.7 Å². The molecule has 2 atom stereocenters. The Morgan fingerprint density at radius 3 is 2.81 bits per heavy atom. The van der Waals surface area contributed by atoms with Crippen LogP contribution in [0.2, 0.25) is 0 Å². The summed E-state index contributed by atoms with van der Waals surface area (Å²) in [7, 11) is 0. The molecule has 5 rings (SSSR count). The Hall–Kier alpha value is -3.06. The Bertz CT molecular complexity index is 1080. The molecule has 7 nitrogen and oxygen atoms in total. The Morgan fingerprint density at radius 2 is 2.00 bits per heavy atom. The summed E-state index contributed by atoms with van der Waals surface area (Å²) >= 11 is 0. The van der Waals surface area contributed by atoms with Gasteiger partial charge >= 0.3 is 0 Å². The molecule has 0 spiro atoms. The van der Waals surface area contributed by atoms with E-state index < -0.39 is 6.04 Å². The van der Waals surface area contributed by atoms with Gasteiger partial charge in [-0.15, -0.1) is 0 Å². The lowest BCUT2D eigenvalue weighted by Gasteiger charge is -2.30. The van der Waals surface area contributed by atoms with Crippen molar-refractivity contribution in [2.24, 2.45) is 5.92 Å². The van der Waals surface area contributed by atoms with Gasteiger partial charge in [0, 0.05) is 43.4 Å². The lowest BCUT2D eigenvalue weighted by Crippen LogP contribution is -2.52. The number of amides is 3. The fourth-order valence-corrected chi connectivity index (χ4v) is 5.15. The van der Waals surface area contributed by atoms with Gasteiger partial charge in [0.15, 0.2) is 0 Å². The van der Waals surface area contributed by atoms with Crippen LogP contribution in [0.4, 0.5) is 0 Å². The summed E-state index contributed by atoms with van der Waals surface area (Å²) in [6.45, 7) is 5.88. The lowest BCUT2D eigenvalue weighted by molar-refractivity contribution is -0.136. The number of carbonyl (C=O) groups excluding carboxylic acids is 3. The van der Waals surface area contributed by atoms with Crippen LogP contribution in [0.1, 0.15) is 54.1 Å². The average Bonchev–Trinajstić information content (AvgIpc) is 3.09. The number of likely N-dealkylation sites (tertiary alicyclic amines) is 1. The predicted octanol–water partition coefficient (Wildman–Crippen LogP) is 2.74. The molecule has 0 aliphatic carbocycles. The summed E-state index contributed by atoms with van der Waals surface area (Å²) in [4.78, 5) is 45.3. The first kappa shape index (κ1) is 20.8. The molecule has 1 unspecified atom stereocenters. The fraction of sp³-hybridized carbons (Fsp3) is 0.440. The normalized spacial score (nSPS) is 23.9. The molecule has 2 saturated heterocycles. The smallest absolute Gasteiger partial charge is 0.255 e. The number of aromatic nitrogens is 1. The van der Waals surface area contributed by atoms with Crippen LogP contribution in [-0.2, 0) is 22.7 Å². The Morgan fingerprint density at radius 1 is 1.12 bits per heavy atom. The van der Waals surface area contributed by atoms with Gasteiger partial charge in [-0.25, -0.2) is 0 Å². The van der Waals surface area contributed by atoms with Crippen LogP contribution in [0.5, 0.6) is 0 Å². The molecule has 2 fully saturated rings. The highest BCUT2D eigenvalue weighted by Gasteiger charge is 2.39. The van der Waals surface area contributed by atoms with E-state index in [0.717, 1.165) is 42.4 Å². The van der Waals surface area contributed by atoms with Crippen LogP contribution in [0.3, 0.4) is 0 Å². The minimum atomic E-state index is -0.593. The van der Waals surface area contributed by atoms with E-state index >= 15 is 0 Å². The number of nitrogens with one attached hydrogen (secondary N) is 1. The van der Waals surface area contributed by atoms with Gasteiger partial charge in [-0.3, -0.25) is 29.6 Å². The Balaban J connectivity index is 1.34. The van der Waals surface area contributed by atoms with Crippen molar-refractivity contribution in [3.63, 3.8) is 0 Å². The second kappa shape index (κ2) is 8.47. The first-order valence-corrected chi connectivity index (χ1v) is 11.4. The molecule has 166 valence electrons. The number of carbonyl (C=O) groups is 3. The van der Waals surface area contributed by atoms with E-state index in [1.165, 1.54) is 18.4 Å². The van der Waals surface area contributed by atoms with Crippen molar-refractivity contribution in [2.75, 3.05) is 13.1 Å². The zero-order valence-electron chi connectivity index (χ0n) is 18.3. The van der Waals surface area contributed by atoms with Crippen LogP contribution in [0.25, 0.3) is 11.3 Å². The van der Waals surface area contributed by atoms with Gasteiger partial charge in [-0.05, 0) is 67.1 Å². The van der Waals surface area contributed by atoms with Gasteiger partial charge in [0.2, 0.25) is 11.8 Å². The number of nitrogens with zero attached hydrogens (tertiary/aromatic N) is 3. The van der Waals surface area contributed by atoms with E-state index in [1.807, 2.05) is 24.4 Å². The van der Waals surface area contributed by atoms with Gasteiger partial charge in [0.25, 0.3) is 5.91 Å². The molecule has 32 heavy (non-hydrogen) atoms. The first-order chi connectivity index (χ1) is 15.5. The topological polar surface area (TPSA) is 82.6 Å². The molecule has 1 aromatic heterocycles. The number of piperidine rings is 2. The number of hydrogen-bond donors (Lipinski definition) is 1. The molecule has 3 aliphatic heterocycles. The fourth-order valence-electron chi connectivity index (χ4n) is 5.15. The number of rotatable bonds is 4. The third-order valence-electron chi connectivity index (χ3n) is 6.79. The number of benzene rings is 1. The van der Waals surface area contributed by atoms with E-state index in [1.54, 1.807) is 4.90 Å². The second-order valence-electron chi connectivity index (χ2n) is 9.30. The molecule has 0 radical (unpaired) electrons. The lowest BCUT2D eigenvalue weighted by atomic mass is 9.99. The van der Waals surface area contributed by atoms with Crippen molar-refractivity contribution in [1.82, 2.24) is 20.1 Å². The van der Waals surface area contributed by atoms with Crippen LogP contribution in [-0.4, -0.2) is 51.6 Å². The molecule has 7 heteroatoms. The van der Waals surface area contributed by atoms with E-state index in [9.17, 15) is 14.4 Å². The maximum atomic E-state index is 12.9. The molecular formula is C25H28N4O3. The molecule has 3 aliphatic rings. The van der Waals surface area contributed by atoms with Crippen molar-refractivity contribution < 1.29 is 14.4 Å². The predicted molar refractivity (Wildman–Crippen MR) is 119 cm³/mol. The number of hydrogen-bond acceptors (Lipinski definition) is 5. The summed E-state index contributed by atoms with van der Waals surface area (Å²) in [5.74, 6) is -0.0692. The summed E-state index contributed by atoms with van der Waals surface area (Å²) in [5, 5.41) is 2.35. The minimum Gasteiger partial charge on any atom is -0.322 e. The summed E-state index contributed by atoms with van der Waals surface area (Å²) in [6.07, 6.45) is 5.04. The van der Waals surface area contributed by atoms with Gasteiger partial charge < -0.3 is 4.90 Å². The van der Waals surface area contributed by atoms with E-state index in [-0.39, 0.29) is 24.1 Å². The van der Waals surface area contributed by atoms with Crippen molar-refractivity contribution in [1.29, 1.82) is 0 Å². The Kier molecular flexibility index (Phi) is 5.51. The standard InChI is InChI=1S/C25H28N4O3/c1-16-3-2-10-28(13-16)14-17-8-9-26-21(11-17)18-4-5-20-19(12-18)15-29(25(20)32)22-6-7-23(30)27-24(22)31/h4-5,8-9,11-12,16,22H,2-3,6-7,10,13-15H2,1H3,(H,27,30,31)/t16-,22?/m1/s1. The largest absolute Gasteiger partial charge is 0.322 e. The molecule has 4 heterocycles. The molecule has 0 bridgehead atoms. The maximum absolute atomic E-state index is 12.9. The van der Waals surface area contributed by atoms with Crippen molar-refractivity contribution >= 4 is 17.7 Å². The van der Waals surface area contributed by atoms with Crippen molar-refractivity contribution in [3.8, 4) is 11.3 Å². The molecular weight excluding hydrogens is 404 g/mol. The van der Waals surface area contributed by atoms with Crippen LogP contribution in [0, 0.1) is 5.92 Å². The Labute approximate surface area is 187 Å². The van der Waals surface area contributed by atoms with Gasteiger partial charge in [0.05, 0.1) is 5.69 Å². The molecule has 1 aromatic carbocycles. The highest BCUT2D eigenvalue weighted by Crippen LogP contribution is 2.31. The average molecular weight is 433 g/mol. The summed E-state index contributed by atoms with van der Waals surface area (Å²) in [5.41, 5.74) is 4.62. The maximum Gasteiger partial charge on any atom is 0.255 e. The quantitative estimate of drug-likeness (QED) is 0.752. The number of imide groups is 1. The zero-order valence-corrected chi connectivity index (χ0v) is 18.3. The van der Waals surface area contributed by atoms with Crippen LogP contribution in [0.15, 0.2) is 36.5 Å². The van der Waals surface area contributed by atoms with E-state index in [2.05, 4.69) is 34.3 Å². The summed E-state index contributed by atoms with van der Waals surface area (Å²) in [6, 6.07) is 9.39. The minimum absolute atomic E-state index is 0.151. The zero-order chi connectivity index (χ0) is 22.2. The third-order valence-corrected chi connectivity index (χ3v) is 6.79. The SMILES string of the molecule is C[C@@H]1CCCN(Cc2ccnc(-c3ccc4c(c3)CN(C3CCC(=O)NC3=O)C4=O)c2)C1.